The van der Waals surface area contributed by atoms with Crippen LogP contribution in [0.1, 0.15) is 24.4 Å². The zero-order valence-corrected chi connectivity index (χ0v) is 12.4. The summed E-state index contributed by atoms with van der Waals surface area (Å²) < 4.78 is 46.4. The first-order valence-corrected chi connectivity index (χ1v) is 7.91. The molecule has 1 heterocycles. The van der Waals surface area contributed by atoms with Gasteiger partial charge >= 0.3 is 0 Å². The van der Waals surface area contributed by atoms with E-state index in [-0.39, 0.29) is 11.9 Å². The lowest BCUT2D eigenvalue weighted by atomic mass is 10.0. The van der Waals surface area contributed by atoms with Crippen LogP contribution >= 0.6 is 0 Å². The zero-order valence-electron chi connectivity index (χ0n) is 11.5. The van der Waals surface area contributed by atoms with Gasteiger partial charge in [0.15, 0.2) is 0 Å². The van der Waals surface area contributed by atoms with Crippen LogP contribution in [0.5, 0.6) is 0 Å². The molecule has 5 nitrogen and oxygen atoms in total. The van der Waals surface area contributed by atoms with Crippen LogP contribution in [0.4, 0.5) is 4.39 Å². The summed E-state index contributed by atoms with van der Waals surface area (Å²) in [6.07, 6.45) is 1.44. The Morgan fingerprint density at radius 3 is 2.50 bits per heavy atom. The highest BCUT2D eigenvalue weighted by Crippen LogP contribution is 2.28. The molecule has 2 rings (SSSR count). The predicted octanol–water partition coefficient (Wildman–Crippen LogP) is 1.44. The monoisotopic (exact) mass is 302 g/mol. The number of benzene rings is 1. The van der Waals surface area contributed by atoms with Gasteiger partial charge in [-0.3, -0.25) is 0 Å². The molecule has 0 unspecified atom stereocenters. The van der Waals surface area contributed by atoms with Crippen LogP contribution in [-0.2, 0) is 14.9 Å². The minimum absolute atomic E-state index is 0.227. The largest absolute Gasteiger partial charge is 0.376 e. The Kier molecular flexibility index (Phi) is 4.74. The van der Waals surface area contributed by atoms with Gasteiger partial charge in [-0.15, -0.1) is 0 Å². The number of halogens is 1. The molecule has 20 heavy (non-hydrogen) atoms. The van der Waals surface area contributed by atoms with E-state index in [1.807, 2.05) is 0 Å². The molecule has 1 aliphatic rings. The van der Waals surface area contributed by atoms with Crippen molar-refractivity contribution in [1.29, 1.82) is 0 Å². The Balaban J connectivity index is 2.27. The first-order chi connectivity index (χ1) is 9.40. The van der Waals surface area contributed by atoms with E-state index in [1.54, 1.807) is 12.1 Å². The molecule has 1 aromatic rings. The molecular weight excluding hydrogens is 283 g/mol. The number of ether oxygens (including phenoxy) is 1. The molecule has 1 fully saturated rings. The van der Waals surface area contributed by atoms with Crippen LogP contribution in [0.15, 0.2) is 24.3 Å². The fourth-order valence-corrected chi connectivity index (χ4v) is 2.98. The standard InChI is InChI=1S/C13H19FN2O3S/c1-16(2)20(17,18)15-13(12-4-3-9-19-12)10-5-7-11(14)8-6-10/h5-8,12-13,15H,3-4,9H2,1-2H3/t12-,13+/m1/s1. The zero-order chi connectivity index (χ0) is 14.8. The number of nitrogens with zero attached hydrogens (tertiary/aromatic N) is 1. The van der Waals surface area contributed by atoms with Gasteiger partial charge in [0.2, 0.25) is 0 Å². The molecule has 2 atom stereocenters. The van der Waals surface area contributed by atoms with Crippen LogP contribution in [0, 0.1) is 5.82 Å². The molecule has 0 saturated carbocycles. The third-order valence-electron chi connectivity index (χ3n) is 3.32. The Labute approximate surface area is 118 Å². The van der Waals surface area contributed by atoms with Gasteiger partial charge in [-0.25, -0.2) is 4.39 Å². The highest BCUT2D eigenvalue weighted by Gasteiger charge is 2.31. The Hall–Kier alpha value is -1.02. The van der Waals surface area contributed by atoms with Crippen molar-refractivity contribution in [3.63, 3.8) is 0 Å². The van der Waals surface area contributed by atoms with Crippen LogP contribution in [0.2, 0.25) is 0 Å². The second-order valence-corrected chi connectivity index (χ2v) is 6.90. The maximum absolute atomic E-state index is 13.0. The maximum atomic E-state index is 13.0. The number of nitrogens with one attached hydrogen (secondary N) is 1. The average molecular weight is 302 g/mol. The van der Waals surface area contributed by atoms with Crippen molar-refractivity contribution in [3.8, 4) is 0 Å². The van der Waals surface area contributed by atoms with Crippen LogP contribution in [0.25, 0.3) is 0 Å². The van der Waals surface area contributed by atoms with Gasteiger partial charge in [0.25, 0.3) is 10.2 Å². The molecule has 112 valence electrons. The van der Waals surface area contributed by atoms with E-state index in [2.05, 4.69) is 4.72 Å². The molecule has 0 aromatic heterocycles. The van der Waals surface area contributed by atoms with Gasteiger partial charge in [0, 0.05) is 20.7 Å². The van der Waals surface area contributed by atoms with E-state index in [0.717, 1.165) is 17.1 Å². The molecule has 1 aromatic carbocycles. The molecule has 0 radical (unpaired) electrons. The summed E-state index contributed by atoms with van der Waals surface area (Å²) in [6, 6.07) is 5.30. The lowest BCUT2D eigenvalue weighted by Crippen LogP contribution is -2.42. The maximum Gasteiger partial charge on any atom is 0.279 e. The van der Waals surface area contributed by atoms with Gasteiger partial charge in [-0.2, -0.15) is 17.4 Å². The van der Waals surface area contributed by atoms with Crippen molar-refractivity contribution < 1.29 is 17.5 Å². The Bertz CT molecular complexity index is 539. The third-order valence-corrected chi connectivity index (χ3v) is 4.84. The van der Waals surface area contributed by atoms with Gasteiger partial charge in [-0.1, -0.05) is 12.1 Å². The Morgan fingerprint density at radius 2 is 2.00 bits per heavy atom. The lowest BCUT2D eigenvalue weighted by molar-refractivity contribution is 0.0847. The number of rotatable bonds is 5. The molecule has 0 amide bonds. The molecule has 1 saturated heterocycles. The van der Waals surface area contributed by atoms with Gasteiger partial charge in [-0.05, 0) is 30.5 Å². The Morgan fingerprint density at radius 1 is 1.35 bits per heavy atom. The van der Waals surface area contributed by atoms with Crippen LogP contribution in [-0.4, -0.2) is 39.5 Å². The minimum Gasteiger partial charge on any atom is -0.376 e. The van der Waals surface area contributed by atoms with Crippen molar-refractivity contribution in [2.45, 2.75) is 25.0 Å². The van der Waals surface area contributed by atoms with Crippen LogP contribution in [0.3, 0.4) is 0 Å². The first kappa shape index (κ1) is 15.4. The summed E-state index contributed by atoms with van der Waals surface area (Å²) in [5, 5.41) is 0. The van der Waals surface area contributed by atoms with Crippen LogP contribution < -0.4 is 4.72 Å². The fraction of sp³-hybridized carbons (Fsp3) is 0.538. The minimum atomic E-state index is -3.58. The van der Waals surface area contributed by atoms with E-state index >= 15 is 0 Å². The fourth-order valence-electron chi connectivity index (χ4n) is 2.16. The summed E-state index contributed by atoms with van der Waals surface area (Å²) >= 11 is 0. The second-order valence-electron chi connectivity index (χ2n) is 4.99. The van der Waals surface area contributed by atoms with Crippen molar-refractivity contribution in [3.05, 3.63) is 35.6 Å². The first-order valence-electron chi connectivity index (χ1n) is 6.47. The van der Waals surface area contributed by atoms with E-state index in [9.17, 15) is 12.8 Å². The number of hydrogen-bond acceptors (Lipinski definition) is 3. The van der Waals surface area contributed by atoms with Gasteiger partial charge in [0.05, 0.1) is 12.1 Å². The topological polar surface area (TPSA) is 58.6 Å². The average Bonchev–Trinajstić information content (AvgIpc) is 2.90. The summed E-state index contributed by atoms with van der Waals surface area (Å²) in [6.45, 7) is 0.617. The van der Waals surface area contributed by atoms with Crippen molar-refractivity contribution >= 4 is 10.2 Å². The summed E-state index contributed by atoms with van der Waals surface area (Å²) in [5.74, 6) is -0.352. The smallest absolute Gasteiger partial charge is 0.279 e. The lowest BCUT2D eigenvalue weighted by Gasteiger charge is -2.26. The molecule has 1 aliphatic heterocycles. The van der Waals surface area contributed by atoms with E-state index in [0.29, 0.717) is 12.2 Å². The normalized spacial score (nSPS) is 21.3. The molecule has 0 aliphatic carbocycles. The summed E-state index contributed by atoms with van der Waals surface area (Å²) in [5.41, 5.74) is 0.698. The molecule has 0 bridgehead atoms. The molecule has 7 heteroatoms. The molecule has 0 spiro atoms. The third kappa shape index (κ3) is 3.54. The van der Waals surface area contributed by atoms with E-state index in [4.69, 9.17) is 4.74 Å². The SMILES string of the molecule is CN(C)S(=O)(=O)N[C@@H](c1ccc(F)cc1)[C@H]1CCCO1. The van der Waals surface area contributed by atoms with E-state index in [1.165, 1.54) is 26.2 Å². The molecule has 1 N–H and O–H groups in total. The van der Waals surface area contributed by atoms with Gasteiger partial charge in [0.1, 0.15) is 5.82 Å². The predicted molar refractivity (Wildman–Crippen MR) is 73.9 cm³/mol. The van der Waals surface area contributed by atoms with Crippen molar-refractivity contribution in [2.75, 3.05) is 20.7 Å². The summed E-state index contributed by atoms with van der Waals surface area (Å²) in [7, 11) is -0.668. The second kappa shape index (κ2) is 6.17. The van der Waals surface area contributed by atoms with Crippen molar-refractivity contribution in [2.24, 2.45) is 0 Å². The highest BCUT2D eigenvalue weighted by atomic mass is 32.2. The van der Waals surface area contributed by atoms with E-state index < -0.39 is 16.3 Å². The van der Waals surface area contributed by atoms with Crippen molar-refractivity contribution in [1.82, 2.24) is 9.03 Å². The summed E-state index contributed by atoms with van der Waals surface area (Å²) in [4.78, 5) is 0. The highest BCUT2D eigenvalue weighted by molar-refractivity contribution is 7.87. The van der Waals surface area contributed by atoms with Gasteiger partial charge < -0.3 is 4.74 Å². The number of hydrogen-bond donors (Lipinski definition) is 1. The quantitative estimate of drug-likeness (QED) is 0.895. The molecular formula is C13H19FN2O3S.